The van der Waals surface area contributed by atoms with Crippen LogP contribution in [0.2, 0.25) is 10.0 Å². The molecule has 0 bridgehead atoms. The highest BCUT2D eigenvalue weighted by molar-refractivity contribution is 7.99. The van der Waals surface area contributed by atoms with Crippen molar-refractivity contribution in [3.8, 4) is 0 Å². The van der Waals surface area contributed by atoms with Crippen molar-refractivity contribution in [2.45, 2.75) is 17.9 Å². The molecule has 132 valence electrons. The van der Waals surface area contributed by atoms with Gasteiger partial charge in [-0.15, -0.1) is 11.8 Å². The Kier molecular flexibility index (Phi) is 5.27. The molecule has 0 fully saturated rings. The van der Waals surface area contributed by atoms with E-state index in [0.29, 0.717) is 39.9 Å². The monoisotopic (exact) mass is 398 g/mol. The van der Waals surface area contributed by atoms with Gasteiger partial charge in [0.15, 0.2) is 11.2 Å². The van der Waals surface area contributed by atoms with Crippen LogP contribution in [0.5, 0.6) is 0 Å². The van der Waals surface area contributed by atoms with Gasteiger partial charge in [-0.3, -0.25) is 13.9 Å². The van der Waals surface area contributed by atoms with Crippen LogP contribution in [0.1, 0.15) is 6.42 Å². The number of aromatic nitrogens is 4. The van der Waals surface area contributed by atoms with Gasteiger partial charge < -0.3 is 4.57 Å². The molecule has 2 aromatic heterocycles. The van der Waals surface area contributed by atoms with Gasteiger partial charge in [-0.1, -0.05) is 23.2 Å². The summed E-state index contributed by atoms with van der Waals surface area (Å²) >= 11 is 13.7. The third-order valence-electron chi connectivity index (χ3n) is 3.88. The lowest BCUT2D eigenvalue weighted by Crippen LogP contribution is -2.39. The Morgan fingerprint density at radius 1 is 1.20 bits per heavy atom. The zero-order valence-corrected chi connectivity index (χ0v) is 16.0. The van der Waals surface area contributed by atoms with Crippen LogP contribution in [-0.2, 0) is 20.6 Å². The van der Waals surface area contributed by atoms with E-state index in [9.17, 15) is 9.59 Å². The molecular formula is C16H16Cl2N4O2S. The fraction of sp³-hybridized carbons (Fsp3) is 0.312. The first kappa shape index (κ1) is 18.1. The lowest BCUT2D eigenvalue weighted by Gasteiger charge is -2.09. The number of aryl methyl sites for hydroxylation is 2. The maximum atomic E-state index is 12.6. The zero-order chi connectivity index (χ0) is 18.1. The Bertz CT molecular complexity index is 1050. The molecule has 0 amide bonds. The lowest BCUT2D eigenvalue weighted by molar-refractivity contribution is 0.594. The first-order valence-corrected chi connectivity index (χ1v) is 9.33. The van der Waals surface area contributed by atoms with E-state index in [2.05, 4.69) is 4.98 Å². The summed E-state index contributed by atoms with van der Waals surface area (Å²) in [6.07, 6.45) is 2.18. The fourth-order valence-corrected chi connectivity index (χ4v) is 4.01. The van der Waals surface area contributed by atoms with Gasteiger partial charge in [-0.2, -0.15) is 0 Å². The molecule has 0 saturated carbocycles. The van der Waals surface area contributed by atoms with Crippen molar-refractivity contribution in [3.63, 3.8) is 0 Å². The molecule has 0 aliphatic rings. The quantitative estimate of drug-likeness (QED) is 0.489. The third-order valence-corrected chi connectivity index (χ3v) is 5.70. The van der Waals surface area contributed by atoms with Crippen molar-refractivity contribution in [1.82, 2.24) is 18.7 Å². The van der Waals surface area contributed by atoms with E-state index in [1.54, 1.807) is 48.6 Å². The number of benzene rings is 1. The number of fused-ring (bicyclic) bond motifs is 1. The van der Waals surface area contributed by atoms with E-state index in [1.807, 2.05) is 0 Å². The summed E-state index contributed by atoms with van der Waals surface area (Å²) in [4.78, 5) is 30.0. The molecule has 0 unspecified atom stereocenters. The van der Waals surface area contributed by atoms with Gasteiger partial charge in [-0.25, -0.2) is 9.78 Å². The normalized spacial score (nSPS) is 11.4. The molecule has 0 aliphatic heterocycles. The van der Waals surface area contributed by atoms with Crippen LogP contribution in [0.4, 0.5) is 0 Å². The summed E-state index contributed by atoms with van der Waals surface area (Å²) in [6, 6.07) is 5.30. The van der Waals surface area contributed by atoms with E-state index in [4.69, 9.17) is 23.2 Å². The van der Waals surface area contributed by atoms with Crippen LogP contribution in [0.15, 0.2) is 39.0 Å². The van der Waals surface area contributed by atoms with E-state index in [-0.39, 0.29) is 11.2 Å². The predicted molar refractivity (Wildman–Crippen MR) is 102 cm³/mol. The van der Waals surface area contributed by atoms with Crippen LogP contribution < -0.4 is 11.2 Å². The van der Waals surface area contributed by atoms with Crippen molar-refractivity contribution in [2.75, 3.05) is 5.75 Å². The van der Waals surface area contributed by atoms with Crippen molar-refractivity contribution in [1.29, 1.82) is 0 Å². The summed E-state index contributed by atoms with van der Waals surface area (Å²) in [5.41, 5.74) is 0.146. The SMILES string of the molecule is Cn1cnc2c1c(=O)n(CCCSc1cc(Cl)ccc1Cl)c(=O)n2C. The second-order valence-electron chi connectivity index (χ2n) is 5.60. The van der Waals surface area contributed by atoms with E-state index in [1.165, 1.54) is 15.5 Å². The minimum Gasteiger partial charge on any atom is -0.328 e. The predicted octanol–water partition coefficient (Wildman–Crippen LogP) is 2.92. The van der Waals surface area contributed by atoms with Gasteiger partial charge in [0.2, 0.25) is 0 Å². The molecule has 0 radical (unpaired) electrons. The molecule has 0 N–H and O–H groups in total. The number of hydrogen-bond acceptors (Lipinski definition) is 4. The number of hydrogen-bond donors (Lipinski definition) is 0. The van der Waals surface area contributed by atoms with Crippen molar-refractivity contribution < 1.29 is 0 Å². The Morgan fingerprint density at radius 3 is 2.72 bits per heavy atom. The summed E-state index contributed by atoms with van der Waals surface area (Å²) in [6.45, 7) is 0.331. The second-order valence-corrected chi connectivity index (χ2v) is 7.58. The molecule has 3 aromatic rings. The molecular weight excluding hydrogens is 383 g/mol. The number of halogens is 2. The average molecular weight is 399 g/mol. The lowest BCUT2D eigenvalue weighted by atomic mass is 10.4. The Labute approximate surface area is 158 Å². The highest BCUT2D eigenvalue weighted by Crippen LogP contribution is 2.30. The molecule has 9 heteroatoms. The molecule has 2 heterocycles. The minimum absolute atomic E-state index is 0.316. The summed E-state index contributed by atoms with van der Waals surface area (Å²) in [5.74, 6) is 0.707. The van der Waals surface area contributed by atoms with Gasteiger partial charge >= 0.3 is 5.69 Å². The van der Waals surface area contributed by atoms with Gasteiger partial charge in [0.25, 0.3) is 5.56 Å². The van der Waals surface area contributed by atoms with Crippen LogP contribution in [0, 0.1) is 0 Å². The number of thioether (sulfide) groups is 1. The first-order chi connectivity index (χ1) is 11.9. The second kappa shape index (κ2) is 7.27. The Morgan fingerprint density at radius 2 is 1.96 bits per heavy atom. The maximum Gasteiger partial charge on any atom is 0.332 e. The van der Waals surface area contributed by atoms with Crippen LogP contribution >= 0.6 is 35.0 Å². The summed E-state index contributed by atoms with van der Waals surface area (Å²) < 4.78 is 4.29. The van der Waals surface area contributed by atoms with Crippen LogP contribution in [0.3, 0.4) is 0 Å². The Balaban J connectivity index is 1.78. The highest BCUT2D eigenvalue weighted by Gasteiger charge is 2.14. The first-order valence-electron chi connectivity index (χ1n) is 7.59. The molecule has 3 rings (SSSR count). The number of rotatable bonds is 5. The molecule has 0 atom stereocenters. The van der Waals surface area contributed by atoms with Crippen molar-refractivity contribution in [3.05, 3.63) is 55.4 Å². The smallest absolute Gasteiger partial charge is 0.328 e. The molecule has 0 spiro atoms. The van der Waals surface area contributed by atoms with E-state index >= 15 is 0 Å². The minimum atomic E-state index is -0.359. The van der Waals surface area contributed by atoms with Crippen molar-refractivity contribution >= 4 is 46.1 Å². The van der Waals surface area contributed by atoms with Gasteiger partial charge in [0.05, 0.1) is 11.3 Å². The molecule has 1 aromatic carbocycles. The Hall–Kier alpha value is -1.70. The number of imidazole rings is 1. The average Bonchev–Trinajstić information content (AvgIpc) is 2.97. The maximum absolute atomic E-state index is 12.6. The third kappa shape index (κ3) is 3.49. The van der Waals surface area contributed by atoms with Gasteiger partial charge in [0.1, 0.15) is 0 Å². The molecule has 25 heavy (non-hydrogen) atoms. The molecule has 0 saturated heterocycles. The number of nitrogens with zero attached hydrogens (tertiary/aromatic N) is 4. The van der Waals surface area contributed by atoms with E-state index in [0.717, 1.165) is 4.90 Å². The van der Waals surface area contributed by atoms with E-state index < -0.39 is 0 Å². The van der Waals surface area contributed by atoms with Crippen molar-refractivity contribution in [2.24, 2.45) is 14.1 Å². The standard InChI is InChI=1S/C16H16Cl2N4O2S/c1-20-9-19-14-13(20)15(23)22(16(24)21(14)2)6-3-7-25-12-8-10(17)4-5-11(12)18/h4-5,8-9H,3,6-7H2,1-2H3. The molecule has 6 nitrogen and oxygen atoms in total. The largest absolute Gasteiger partial charge is 0.332 e. The molecule has 0 aliphatic carbocycles. The summed E-state index contributed by atoms with van der Waals surface area (Å²) in [5, 5.41) is 1.26. The topological polar surface area (TPSA) is 61.8 Å². The zero-order valence-electron chi connectivity index (χ0n) is 13.7. The van der Waals surface area contributed by atoms with Crippen LogP contribution in [0.25, 0.3) is 11.2 Å². The van der Waals surface area contributed by atoms with Gasteiger partial charge in [-0.05, 0) is 30.4 Å². The van der Waals surface area contributed by atoms with Crippen LogP contribution in [-0.4, -0.2) is 24.4 Å². The van der Waals surface area contributed by atoms with Gasteiger partial charge in [0, 0.05) is 30.6 Å². The fourth-order valence-electron chi connectivity index (χ4n) is 2.59. The highest BCUT2D eigenvalue weighted by atomic mass is 35.5. The summed E-state index contributed by atoms with van der Waals surface area (Å²) in [7, 11) is 3.36.